The number of carbonyl (C=O) groups is 3. The van der Waals surface area contributed by atoms with Crippen LogP contribution in [0.15, 0.2) is 18.2 Å². The predicted octanol–water partition coefficient (Wildman–Crippen LogP) is 3.68. The molecule has 0 aromatic heterocycles. The average molecular weight is 501 g/mol. The van der Waals surface area contributed by atoms with E-state index in [4.69, 9.17) is 9.47 Å². The lowest BCUT2D eigenvalue weighted by Gasteiger charge is -2.42. The Hall–Kier alpha value is -2.81. The zero-order valence-corrected chi connectivity index (χ0v) is 21.7. The molecule has 3 N–H and O–H groups in total. The number of ether oxygens (including phenoxy) is 2. The third-order valence-electron chi connectivity index (χ3n) is 7.42. The van der Waals surface area contributed by atoms with Crippen molar-refractivity contribution in [3.8, 4) is 5.75 Å². The number of rotatable bonds is 6. The first-order valence-electron chi connectivity index (χ1n) is 13.3. The van der Waals surface area contributed by atoms with Crippen molar-refractivity contribution in [2.24, 2.45) is 5.92 Å². The van der Waals surface area contributed by atoms with Crippen LogP contribution in [0.3, 0.4) is 0 Å². The molecule has 3 atom stereocenters. The summed E-state index contributed by atoms with van der Waals surface area (Å²) in [5.74, 6) is 0.904. The van der Waals surface area contributed by atoms with Crippen molar-refractivity contribution < 1.29 is 23.9 Å². The van der Waals surface area contributed by atoms with Crippen LogP contribution in [0.1, 0.15) is 75.6 Å². The largest absolute Gasteiger partial charge is 0.490 e. The zero-order chi connectivity index (χ0) is 25.7. The smallest absolute Gasteiger partial charge is 0.319 e. The van der Waals surface area contributed by atoms with Gasteiger partial charge in [-0.15, -0.1) is 0 Å². The number of amides is 4. The van der Waals surface area contributed by atoms with E-state index in [1.807, 2.05) is 13.8 Å². The van der Waals surface area contributed by atoms with Crippen molar-refractivity contribution in [3.05, 3.63) is 23.8 Å². The fraction of sp³-hybridized carbons (Fsp3) is 0.667. The van der Waals surface area contributed by atoms with Crippen LogP contribution in [-0.2, 0) is 9.53 Å². The summed E-state index contributed by atoms with van der Waals surface area (Å²) in [7, 11) is 1.78. The van der Waals surface area contributed by atoms with Gasteiger partial charge in [0.05, 0.1) is 24.1 Å². The van der Waals surface area contributed by atoms with Crippen LogP contribution in [0.4, 0.5) is 10.5 Å². The quantitative estimate of drug-likeness (QED) is 0.552. The zero-order valence-electron chi connectivity index (χ0n) is 21.7. The van der Waals surface area contributed by atoms with Crippen LogP contribution in [-0.4, -0.2) is 67.2 Å². The van der Waals surface area contributed by atoms with Crippen molar-refractivity contribution in [1.82, 2.24) is 15.5 Å². The number of likely N-dealkylation sites (N-methyl/N-ethyl adjacent to an activating group) is 1. The number of carbonyl (C=O) groups excluding carboxylic acids is 3. The van der Waals surface area contributed by atoms with Crippen LogP contribution in [0.5, 0.6) is 5.75 Å². The minimum absolute atomic E-state index is 0.000429. The fourth-order valence-corrected chi connectivity index (χ4v) is 5.46. The van der Waals surface area contributed by atoms with Crippen molar-refractivity contribution in [1.29, 1.82) is 0 Å². The lowest BCUT2D eigenvalue weighted by atomic mass is 9.89. The molecular weight excluding hydrogens is 460 g/mol. The van der Waals surface area contributed by atoms with Crippen LogP contribution >= 0.6 is 0 Å². The summed E-state index contributed by atoms with van der Waals surface area (Å²) in [6.07, 6.45) is 7.50. The SMILES string of the molecule is CC(C)NC(=O)Nc1ccc2c(c1)C(=O)N(C)[C@H]1CC[C@@H](CC(=O)NCC3CCCCC3)O[C@@H]1CO2. The molecule has 4 amide bonds. The molecule has 1 saturated carbocycles. The van der Waals surface area contributed by atoms with Gasteiger partial charge < -0.3 is 30.3 Å². The monoisotopic (exact) mass is 500 g/mol. The Morgan fingerprint density at radius 3 is 2.64 bits per heavy atom. The number of hydrogen-bond donors (Lipinski definition) is 3. The first-order valence-corrected chi connectivity index (χ1v) is 13.3. The molecule has 0 spiro atoms. The van der Waals surface area contributed by atoms with E-state index >= 15 is 0 Å². The molecule has 1 aromatic carbocycles. The summed E-state index contributed by atoms with van der Waals surface area (Å²) in [4.78, 5) is 39.7. The molecule has 198 valence electrons. The maximum atomic E-state index is 13.4. The van der Waals surface area contributed by atoms with Crippen LogP contribution in [0, 0.1) is 5.92 Å². The molecule has 0 radical (unpaired) electrons. The number of nitrogens with one attached hydrogen (secondary N) is 3. The van der Waals surface area contributed by atoms with Gasteiger partial charge in [0.25, 0.3) is 5.91 Å². The third kappa shape index (κ3) is 6.69. The molecule has 3 aliphatic rings. The van der Waals surface area contributed by atoms with Crippen molar-refractivity contribution in [2.45, 2.75) is 89.5 Å². The number of nitrogens with zero attached hydrogens (tertiary/aromatic N) is 1. The van der Waals surface area contributed by atoms with Crippen molar-refractivity contribution in [3.63, 3.8) is 0 Å². The Bertz CT molecular complexity index is 946. The van der Waals surface area contributed by atoms with Crippen molar-refractivity contribution in [2.75, 3.05) is 25.5 Å². The molecule has 1 saturated heterocycles. The Morgan fingerprint density at radius 1 is 1.11 bits per heavy atom. The lowest BCUT2D eigenvalue weighted by Crippen LogP contribution is -2.54. The topological polar surface area (TPSA) is 109 Å². The third-order valence-corrected chi connectivity index (χ3v) is 7.42. The Morgan fingerprint density at radius 2 is 1.89 bits per heavy atom. The first-order chi connectivity index (χ1) is 17.3. The van der Waals surface area contributed by atoms with Gasteiger partial charge in [0, 0.05) is 25.3 Å². The van der Waals surface area contributed by atoms with E-state index in [1.165, 1.54) is 32.1 Å². The Kier molecular flexibility index (Phi) is 8.72. The summed E-state index contributed by atoms with van der Waals surface area (Å²) >= 11 is 0. The normalized spacial score (nSPS) is 24.6. The Balaban J connectivity index is 1.35. The van der Waals surface area contributed by atoms with E-state index in [2.05, 4.69) is 16.0 Å². The van der Waals surface area contributed by atoms with Gasteiger partial charge >= 0.3 is 6.03 Å². The summed E-state index contributed by atoms with van der Waals surface area (Å²) in [6.45, 7) is 4.80. The van der Waals surface area contributed by atoms with Gasteiger partial charge in [-0.1, -0.05) is 19.3 Å². The van der Waals surface area contributed by atoms with Gasteiger partial charge in [-0.25, -0.2) is 4.79 Å². The van der Waals surface area contributed by atoms with E-state index in [0.717, 1.165) is 13.0 Å². The van der Waals surface area contributed by atoms with Gasteiger partial charge in [0.15, 0.2) is 0 Å². The molecule has 1 aliphatic carbocycles. The van der Waals surface area contributed by atoms with Gasteiger partial charge in [0.1, 0.15) is 18.5 Å². The summed E-state index contributed by atoms with van der Waals surface area (Å²) in [5, 5.41) is 8.64. The maximum Gasteiger partial charge on any atom is 0.319 e. The minimum Gasteiger partial charge on any atom is -0.490 e. The molecule has 9 heteroatoms. The number of benzene rings is 1. The molecule has 9 nitrogen and oxygen atoms in total. The molecular formula is C27H40N4O5. The van der Waals surface area contributed by atoms with E-state index < -0.39 is 0 Å². The van der Waals surface area contributed by atoms with Crippen LogP contribution in [0.2, 0.25) is 0 Å². The molecule has 4 rings (SSSR count). The van der Waals surface area contributed by atoms with Gasteiger partial charge in [0.2, 0.25) is 5.91 Å². The second-order valence-corrected chi connectivity index (χ2v) is 10.6. The van der Waals surface area contributed by atoms with E-state index in [1.54, 1.807) is 30.1 Å². The molecule has 1 aromatic rings. The van der Waals surface area contributed by atoms with E-state index in [-0.39, 0.29) is 48.7 Å². The number of fused-ring (bicyclic) bond motifs is 2. The molecule has 0 unspecified atom stereocenters. The molecule has 2 aliphatic heterocycles. The molecule has 0 bridgehead atoms. The highest BCUT2D eigenvalue weighted by Crippen LogP contribution is 2.32. The predicted molar refractivity (Wildman–Crippen MR) is 137 cm³/mol. The summed E-state index contributed by atoms with van der Waals surface area (Å²) < 4.78 is 12.3. The minimum atomic E-state index is -0.327. The maximum absolute atomic E-state index is 13.4. The second-order valence-electron chi connectivity index (χ2n) is 10.6. The van der Waals surface area contributed by atoms with Gasteiger partial charge in [-0.3, -0.25) is 9.59 Å². The lowest BCUT2D eigenvalue weighted by molar-refractivity contribution is -0.134. The average Bonchev–Trinajstić information content (AvgIpc) is 2.85. The molecule has 2 heterocycles. The van der Waals surface area contributed by atoms with Gasteiger partial charge in [-0.2, -0.15) is 0 Å². The number of urea groups is 1. The van der Waals surface area contributed by atoms with Crippen LogP contribution in [0.25, 0.3) is 0 Å². The highest BCUT2D eigenvalue weighted by atomic mass is 16.5. The van der Waals surface area contributed by atoms with Gasteiger partial charge in [-0.05, 0) is 63.6 Å². The summed E-state index contributed by atoms with van der Waals surface area (Å²) in [5.41, 5.74) is 0.927. The molecule has 36 heavy (non-hydrogen) atoms. The highest BCUT2D eigenvalue weighted by Gasteiger charge is 2.39. The van der Waals surface area contributed by atoms with E-state index in [0.29, 0.717) is 35.8 Å². The first kappa shape index (κ1) is 26.3. The Labute approximate surface area is 213 Å². The second kappa shape index (κ2) is 12.0. The standard InChI is InChI=1S/C27H40N4O5/c1-17(2)29-27(34)30-19-9-12-23-21(13-19)26(33)31(3)22-11-10-20(36-24(22)16-35-23)14-25(32)28-15-18-7-5-4-6-8-18/h9,12-13,17-18,20,22,24H,4-8,10-11,14-16H2,1-3H3,(H,28,32)(H2,29,30,34)/t20-,22-,24+/m0/s1. The van der Waals surface area contributed by atoms with Crippen LogP contribution < -0.4 is 20.7 Å². The fourth-order valence-electron chi connectivity index (χ4n) is 5.46. The molecule has 2 fully saturated rings. The number of anilines is 1. The highest BCUT2D eigenvalue weighted by molar-refractivity contribution is 5.99. The summed E-state index contributed by atoms with van der Waals surface area (Å²) in [6, 6.07) is 4.59. The number of hydrogen-bond acceptors (Lipinski definition) is 5. The van der Waals surface area contributed by atoms with E-state index in [9.17, 15) is 14.4 Å². The van der Waals surface area contributed by atoms with Crippen molar-refractivity contribution >= 4 is 23.5 Å².